The highest BCUT2D eigenvalue weighted by atomic mass is 16.5. The predicted molar refractivity (Wildman–Crippen MR) is 74.0 cm³/mol. The monoisotopic (exact) mass is 276 g/mol. The van der Waals surface area contributed by atoms with Crippen LogP contribution < -0.4 is 0 Å². The van der Waals surface area contributed by atoms with Gasteiger partial charge in [0.15, 0.2) is 0 Å². The molecular weight excluding hydrogens is 256 g/mol. The summed E-state index contributed by atoms with van der Waals surface area (Å²) in [6.45, 7) is 4.08. The zero-order valence-corrected chi connectivity index (χ0v) is 12.0. The number of ether oxygens (including phenoxy) is 1. The molecule has 1 aromatic rings. The molecule has 1 aromatic heterocycles. The fraction of sp³-hybridized carbons (Fsp3) is 0.533. The number of carbonyl (C=O) groups excluding carboxylic acids is 2. The molecule has 2 rings (SSSR count). The lowest BCUT2D eigenvalue weighted by atomic mass is 10.1. The van der Waals surface area contributed by atoms with E-state index in [1.54, 1.807) is 18.0 Å². The van der Waals surface area contributed by atoms with Crippen molar-refractivity contribution in [3.05, 3.63) is 29.6 Å². The second-order valence-corrected chi connectivity index (χ2v) is 5.00. The first kappa shape index (κ1) is 14.5. The third-order valence-corrected chi connectivity index (χ3v) is 3.35. The van der Waals surface area contributed by atoms with Gasteiger partial charge in [0.25, 0.3) is 0 Å². The first-order valence-corrected chi connectivity index (χ1v) is 6.97. The van der Waals surface area contributed by atoms with Gasteiger partial charge in [-0.15, -0.1) is 0 Å². The van der Waals surface area contributed by atoms with E-state index in [4.69, 9.17) is 4.74 Å². The smallest absolute Gasteiger partial charge is 0.325 e. The van der Waals surface area contributed by atoms with Crippen LogP contribution in [-0.4, -0.2) is 41.0 Å². The van der Waals surface area contributed by atoms with Gasteiger partial charge in [-0.2, -0.15) is 0 Å². The lowest BCUT2D eigenvalue weighted by Crippen LogP contribution is -2.39. The Bertz CT molecular complexity index is 498. The normalized spacial score (nSPS) is 13.9. The van der Waals surface area contributed by atoms with Crippen molar-refractivity contribution in [1.82, 2.24) is 9.88 Å². The fourth-order valence-electron chi connectivity index (χ4n) is 2.10. The molecule has 1 saturated carbocycles. The van der Waals surface area contributed by atoms with Crippen LogP contribution in [-0.2, 0) is 20.7 Å². The number of hydrogen-bond acceptors (Lipinski definition) is 4. The van der Waals surface area contributed by atoms with E-state index in [0.29, 0.717) is 6.61 Å². The number of nitrogens with zero attached hydrogens (tertiary/aromatic N) is 2. The van der Waals surface area contributed by atoms with Crippen molar-refractivity contribution >= 4 is 11.9 Å². The van der Waals surface area contributed by atoms with Crippen LogP contribution in [0.25, 0.3) is 0 Å². The Morgan fingerprint density at radius 2 is 2.20 bits per heavy atom. The van der Waals surface area contributed by atoms with Crippen molar-refractivity contribution in [3.8, 4) is 0 Å². The summed E-state index contributed by atoms with van der Waals surface area (Å²) in [6, 6.07) is 3.97. The van der Waals surface area contributed by atoms with Gasteiger partial charge in [-0.3, -0.25) is 14.6 Å². The lowest BCUT2D eigenvalue weighted by molar-refractivity contribution is -0.149. The van der Waals surface area contributed by atoms with Gasteiger partial charge in [-0.05, 0) is 38.3 Å². The number of aryl methyl sites for hydroxylation is 1. The molecule has 5 heteroatoms. The largest absolute Gasteiger partial charge is 0.465 e. The summed E-state index contributed by atoms with van der Waals surface area (Å²) >= 11 is 0. The van der Waals surface area contributed by atoms with E-state index in [9.17, 15) is 9.59 Å². The maximum absolute atomic E-state index is 12.4. The van der Waals surface area contributed by atoms with Crippen LogP contribution in [0.4, 0.5) is 0 Å². The maximum atomic E-state index is 12.4. The molecule has 1 fully saturated rings. The van der Waals surface area contributed by atoms with Crippen molar-refractivity contribution in [2.75, 3.05) is 13.2 Å². The minimum absolute atomic E-state index is 0.0449. The van der Waals surface area contributed by atoms with Crippen molar-refractivity contribution < 1.29 is 14.3 Å². The molecule has 5 nitrogen and oxygen atoms in total. The summed E-state index contributed by atoms with van der Waals surface area (Å²) in [7, 11) is 0. The van der Waals surface area contributed by atoms with Crippen LogP contribution in [0.3, 0.4) is 0 Å². The second-order valence-electron chi connectivity index (χ2n) is 5.00. The second kappa shape index (κ2) is 6.50. The Balaban J connectivity index is 2.00. The molecule has 0 atom stereocenters. The summed E-state index contributed by atoms with van der Waals surface area (Å²) in [5, 5.41) is 0. The van der Waals surface area contributed by atoms with Gasteiger partial charge in [0.1, 0.15) is 6.54 Å². The van der Waals surface area contributed by atoms with E-state index in [0.717, 1.165) is 24.1 Å². The third kappa shape index (κ3) is 3.79. The molecule has 0 aliphatic heterocycles. The number of aromatic nitrogens is 1. The first-order chi connectivity index (χ1) is 9.61. The lowest BCUT2D eigenvalue weighted by Gasteiger charge is -2.21. The van der Waals surface area contributed by atoms with Crippen molar-refractivity contribution in [2.45, 2.75) is 39.2 Å². The number of hydrogen-bond donors (Lipinski definition) is 0. The molecule has 0 bridgehead atoms. The fourth-order valence-corrected chi connectivity index (χ4v) is 2.10. The molecule has 0 spiro atoms. The Morgan fingerprint density at radius 1 is 1.45 bits per heavy atom. The zero-order valence-electron chi connectivity index (χ0n) is 12.0. The number of esters is 1. The molecule has 1 amide bonds. The van der Waals surface area contributed by atoms with Gasteiger partial charge in [-0.1, -0.05) is 6.07 Å². The van der Waals surface area contributed by atoms with E-state index in [1.165, 1.54) is 0 Å². The van der Waals surface area contributed by atoms with Gasteiger partial charge in [0.05, 0.1) is 18.7 Å². The summed E-state index contributed by atoms with van der Waals surface area (Å²) in [5.41, 5.74) is 1.76. The van der Waals surface area contributed by atoms with E-state index >= 15 is 0 Å². The SMILES string of the molecule is CCOC(=O)CN(C(=O)Cc1ncccc1C)C1CC1. The number of amides is 1. The summed E-state index contributed by atoms with van der Waals surface area (Å²) in [6.07, 6.45) is 3.85. The summed E-state index contributed by atoms with van der Waals surface area (Å²) in [4.78, 5) is 29.8. The van der Waals surface area contributed by atoms with Gasteiger partial charge < -0.3 is 9.64 Å². The Kier molecular flexibility index (Phi) is 4.71. The average Bonchev–Trinajstić information content (AvgIpc) is 3.23. The molecule has 108 valence electrons. The zero-order chi connectivity index (χ0) is 14.5. The summed E-state index contributed by atoms with van der Waals surface area (Å²) < 4.78 is 4.93. The molecule has 0 N–H and O–H groups in total. The highest BCUT2D eigenvalue weighted by Gasteiger charge is 2.34. The Labute approximate surface area is 118 Å². The van der Waals surface area contributed by atoms with Gasteiger partial charge in [0, 0.05) is 12.2 Å². The third-order valence-electron chi connectivity index (χ3n) is 3.35. The van der Waals surface area contributed by atoms with Crippen LogP contribution in [0.5, 0.6) is 0 Å². The molecule has 1 heterocycles. The highest BCUT2D eigenvalue weighted by Crippen LogP contribution is 2.27. The van der Waals surface area contributed by atoms with Crippen molar-refractivity contribution in [1.29, 1.82) is 0 Å². The van der Waals surface area contributed by atoms with Crippen molar-refractivity contribution in [3.63, 3.8) is 0 Å². The van der Waals surface area contributed by atoms with Crippen LogP contribution in [0.1, 0.15) is 31.0 Å². The quantitative estimate of drug-likeness (QED) is 0.739. The van der Waals surface area contributed by atoms with E-state index in [1.807, 2.05) is 19.1 Å². The van der Waals surface area contributed by atoms with Crippen LogP contribution in [0, 0.1) is 6.92 Å². The first-order valence-electron chi connectivity index (χ1n) is 6.97. The molecule has 0 aromatic carbocycles. The Morgan fingerprint density at radius 3 is 2.80 bits per heavy atom. The molecule has 0 radical (unpaired) electrons. The van der Waals surface area contributed by atoms with Gasteiger partial charge in [-0.25, -0.2) is 0 Å². The van der Waals surface area contributed by atoms with E-state index in [-0.39, 0.29) is 30.9 Å². The maximum Gasteiger partial charge on any atom is 0.325 e. The van der Waals surface area contributed by atoms with Crippen LogP contribution in [0.2, 0.25) is 0 Å². The predicted octanol–water partition coefficient (Wildman–Crippen LogP) is 1.49. The van der Waals surface area contributed by atoms with Gasteiger partial charge in [0.2, 0.25) is 5.91 Å². The van der Waals surface area contributed by atoms with Crippen molar-refractivity contribution in [2.24, 2.45) is 0 Å². The minimum atomic E-state index is -0.342. The van der Waals surface area contributed by atoms with E-state index in [2.05, 4.69) is 4.98 Å². The van der Waals surface area contributed by atoms with Gasteiger partial charge >= 0.3 is 5.97 Å². The number of carbonyl (C=O) groups is 2. The molecule has 1 aliphatic rings. The average molecular weight is 276 g/mol. The minimum Gasteiger partial charge on any atom is -0.465 e. The number of rotatable bonds is 6. The molecule has 20 heavy (non-hydrogen) atoms. The Hall–Kier alpha value is -1.91. The van der Waals surface area contributed by atoms with Crippen LogP contribution in [0.15, 0.2) is 18.3 Å². The topological polar surface area (TPSA) is 59.5 Å². The molecule has 0 saturated heterocycles. The molecule has 1 aliphatic carbocycles. The van der Waals surface area contributed by atoms with Crippen LogP contribution >= 0.6 is 0 Å². The standard InChI is InChI=1S/C15H20N2O3/c1-3-20-15(19)10-17(12-6-7-12)14(18)9-13-11(2)5-4-8-16-13/h4-5,8,12H,3,6-7,9-10H2,1-2H3. The number of pyridine rings is 1. The highest BCUT2D eigenvalue weighted by molar-refractivity contribution is 5.84. The molecule has 0 unspecified atom stereocenters. The van der Waals surface area contributed by atoms with E-state index < -0.39 is 0 Å². The summed E-state index contributed by atoms with van der Waals surface area (Å²) in [5.74, 6) is -0.396. The molecular formula is C15H20N2O3.